The third-order valence-electron chi connectivity index (χ3n) is 4.51. The quantitative estimate of drug-likeness (QED) is 0.835. The van der Waals surface area contributed by atoms with Crippen molar-refractivity contribution in [3.63, 3.8) is 0 Å². The van der Waals surface area contributed by atoms with Crippen LogP contribution in [0, 0.1) is 5.92 Å². The first kappa shape index (κ1) is 19.3. The standard InChI is InChI=1S/C16H20F2N6O2S/c1-2-24-14(4-8-21-24)27(26)16(17,18)12-5-9-23(10-6-12)15(25)22-13-3-7-19-20-11-13/h3-4,7-8,11-12H,2,5-6,9-10H2,1H3,(H,19,22,25). The average molecular weight is 398 g/mol. The maximum absolute atomic E-state index is 14.8. The molecule has 2 amide bonds. The second-order valence-electron chi connectivity index (χ2n) is 6.14. The first-order chi connectivity index (χ1) is 12.9. The van der Waals surface area contributed by atoms with Gasteiger partial charge in [-0.15, -0.1) is 0 Å². The Kier molecular flexibility index (Phi) is 5.78. The second-order valence-corrected chi connectivity index (χ2v) is 7.64. The number of nitrogens with zero attached hydrogens (tertiary/aromatic N) is 5. The zero-order chi connectivity index (χ0) is 19.4. The number of hydrogen-bond donors (Lipinski definition) is 1. The predicted octanol–water partition coefficient (Wildman–Crippen LogP) is 2.34. The van der Waals surface area contributed by atoms with Crippen molar-refractivity contribution in [1.29, 1.82) is 0 Å². The van der Waals surface area contributed by atoms with Gasteiger partial charge in [-0.2, -0.15) is 24.1 Å². The minimum absolute atomic E-state index is 0.0212. The predicted molar refractivity (Wildman–Crippen MR) is 94.6 cm³/mol. The number of halogens is 2. The summed E-state index contributed by atoms with van der Waals surface area (Å²) in [4.78, 5) is 13.7. The average Bonchev–Trinajstić information content (AvgIpc) is 3.17. The second kappa shape index (κ2) is 8.07. The van der Waals surface area contributed by atoms with Crippen LogP contribution in [0.15, 0.2) is 35.7 Å². The lowest BCUT2D eigenvalue weighted by Crippen LogP contribution is -2.46. The molecule has 0 saturated carbocycles. The lowest BCUT2D eigenvalue weighted by Gasteiger charge is -2.35. The third kappa shape index (κ3) is 4.12. The van der Waals surface area contributed by atoms with E-state index in [2.05, 4.69) is 20.6 Å². The van der Waals surface area contributed by atoms with Crippen LogP contribution >= 0.6 is 0 Å². The van der Waals surface area contributed by atoms with E-state index in [9.17, 15) is 17.8 Å². The molecule has 3 rings (SSSR count). The summed E-state index contributed by atoms with van der Waals surface area (Å²) in [6.45, 7) is 2.44. The molecule has 1 aliphatic heterocycles. The molecular weight excluding hydrogens is 378 g/mol. The molecular formula is C16H20F2N6O2S. The van der Waals surface area contributed by atoms with Crippen LogP contribution in [0.3, 0.4) is 0 Å². The lowest BCUT2D eigenvalue weighted by atomic mass is 9.97. The number of nitrogens with one attached hydrogen (secondary N) is 1. The van der Waals surface area contributed by atoms with Gasteiger partial charge < -0.3 is 10.2 Å². The van der Waals surface area contributed by atoms with Crippen molar-refractivity contribution in [3.8, 4) is 0 Å². The van der Waals surface area contributed by atoms with E-state index < -0.39 is 22.0 Å². The fraction of sp³-hybridized carbons (Fsp3) is 0.500. The highest BCUT2D eigenvalue weighted by Crippen LogP contribution is 2.38. The Morgan fingerprint density at radius 2 is 2.04 bits per heavy atom. The smallest absolute Gasteiger partial charge is 0.325 e. The number of alkyl halides is 2. The van der Waals surface area contributed by atoms with Crippen LogP contribution in [0.2, 0.25) is 0 Å². The van der Waals surface area contributed by atoms with E-state index in [0.717, 1.165) is 0 Å². The summed E-state index contributed by atoms with van der Waals surface area (Å²) in [6.07, 6.45) is 4.35. The van der Waals surface area contributed by atoms with Crippen LogP contribution in [0.4, 0.5) is 19.3 Å². The Morgan fingerprint density at radius 3 is 2.67 bits per heavy atom. The SMILES string of the molecule is CCn1nccc1S(=O)C(F)(F)C1CCN(C(=O)Nc2ccnnc2)CC1. The van der Waals surface area contributed by atoms with Crippen LogP contribution in [-0.4, -0.2) is 53.5 Å². The molecule has 27 heavy (non-hydrogen) atoms. The van der Waals surface area contributed by atoms with Crippen molar-refractivity contribution in [1.82, 2.24) is 24.9 Å². The monoisotopic (exact) mass is 398 g/mol. The molecule has 1 saturated heterocycles. The molecule has 1 aliphatic rings. The van der Waals surface area contributed by atoms with Gasteiger partial charge in [0, 0.05) is 25.6 Å². The summed E-state index contributed by atoms with van der Waals surface area (Å²) in [5.41, 5.74) is 0.483. The van der Waals surface area contributed by atoms with Crippen molar-refractivity contribution in [2.45, 2.75) is 36.6 Å². The highest BCUT2D eigenvalue weighted by atomic mass is 32.2. The number of rotatable bonds is 5. The van der Waals surface area contributed by atoms with Crippen molar-refractivity contribution in [2.75, 3.05) is 18.4 Å². The van der Waals surface area contributed by atoms with E-state index in [-0.39, 0.29) is 37.0 Å². The molecule has 1 unspecified atom stereocenters. The molecule has 3 heterocycles. The molecule has 0 aromatic carbocycles. The Labute approximate surface area is 157 Å². The Morgan fingerprint density at radius 1 is 1.30 bits per heavy atom. The number of piperidine rings is 1. The van der Waals surface area contributed by atoms with E-state index in [1.165, 1.54) is 34.2 Å². The number of carbonyl (C=O) groups excluding carboxylic acids is 1. The van der Waals surface area contributed by atoms with Gasteiger partial charge in [0.15, 0.2) is 0 Å². The van der Waals surface area contributed by atoms with Crippen molar-refractivity contribution in [2.24, 2.45) is 5.92 Å². The van der Waals surface area contributed by atoms with Gasteiger partial charge in [0.1, 0.15) is 15.8 Å². The Hall–Kier alpha value is -2.43. The largest absolute Gasteiger partial charge is 0.329 e. The molecule has 146 valence electrons. The van der Waals surface area contributed by atoms with Crippen LogP contribution in [0.25, 0.3) is 0 Å². The van der Waals surface area contributed by atoms with Gasteiger partial charge in [0.2, 0.25) is 0 Å². The van der Waals surface area contributed by atoms with Crippen molar-refractivity contribution >= 4 is 22.5 Å². The molecule has 1 atom stereocenters. The number of carbonyl (C=O) groups is 1. The summed E-state index contributed by atoms with van der Waals surface area (Å²) in [5.74, 6) is -1.06. The fourth-order valence-corrected chi connectivity index (χ4v) is 4.36. The first-order valence-electron chi connectivity index (χ1n) is 8.57. The molecule has 2 aromatic heterocycles. The van der Waals surface area contributed by atoms with Gasteiger partial charge in [-0.25, -0.2) is 9.00 Å². The van der Waals surface area contributed by atoms with Crippen LogP contribution in [0.5, 0.6) is 0 Å². The highest BCUT2D eigenvalue weighted by Gasteiger charge is 2.48. The molecule has 1 fully saturated rings. The normalized spacial score (nSPS) is 16.9. The van der Waals surface area contributed by atoms with Gasteiger partial charge in [-0.3, -0.25) is 4.68 Å². The van der Waals surface area contributed by atoms with E-state index in [0.29, 0.717) is 12.2 Å². The highest BCUT2D eigenvalue weighted by molar-refractivity contribution is 7.86. The number of amides is 2. The van der Waals surface area contributed by atoms with Crippen LogP contribution in [0.1, 0.15) is 19.8 Å². The third-order valence-corrected chi connectivity index (χ3v) is 6.06. The fourth-order valence-electron chi connectivity index (χ4n) is 2.99. The first-order valence-corrected chi connectivity index (χ1v) is 9.72. The Balaban J connectivity index is 1.61. The van der Waals surface area contributed by atoms with E-state index >= 15 is 0 Å². The summed E-state index contributed by atoms with van der Waals surface area (Å²) in [5, 5.41) is 10.5. The number of anilines is 1. The van der Waals surface area contributed by atoms with Crippen molar-refractivity contribution in [3.05, 3.63) is 30.7 Å². The molecule has 0 radical (unpaired) electrons. The molecule has 0 aliphatic carbocycles. The number of hydrogen-bond acceptors (Lipinski definition) is 5. The molecule has 1 N–H and O–H groups in total. The van der Waals surface area contributed by atoms with Crippen molar-refractivity contribution < 1.29 is 17.8 Å². The minimum atomic E-state index is -3.38. The molecule has 0 spiro atoms. The Bertz CT molecular complexity index is 808. The number of aryl methyl sites for hydroxylation is 1. The number of urea groups is 1. The summed E-state index contributed by atoms with van der Waals surface area (Å²) < 4.78 is 43.3. The summed E-state index contributed by atoms with van der Waals surface area (Å²) in [7, 11) is -2.49. The van der Waals surface area contributed by atoms with Crippen LogP contribution < -0.4 is 5.32 Å². The topological polar surface area (TPSA) is 93.0 Å². The summed E-state index contributed by atoms with van der Waals surface area (Å²) >= 11 is 0. The maximum atomic E-state index is 14.8. The molecule has 8 nitrogen and oxygen atoms in total. The van der Waals surface area contributed by atoms with Gasteiger partial charge in [-0.05, 0) is 31.9 Å². The lowest BCUT2D eigenvalue weighted by molar-refractivity contribution is 0.00471. The zero-order valence-corrected chi connectivity index (χ0v) is 15.5. The minimum Gasteiger partial charge on any atom is -0.325 e. The van der Waals surface area contributed by atoms with Crippen LogP contribution in [-0.2, 0) is 17.3 Å². The van der Waals surface area contributed by atoms with Gasteiger partial charge in [-0.1, -0.05) is 0 Å². The zero-order valence-electron chi connectivity index (χ0n) is 14.7. The molecule has 0 bridgehead atoms. The number of aromatic nitrogens is 4. The maximum Gasteiger partial charge on any atom is 0.329 e. The summed E-state index contributed by atoms with van der Waals surface area (Å²) in [6, 6.07) is 2.57. The van der Waals surface area contributed by atoms with E-state index in [1.807, 2.05) is 0 Å². The van der Waals surface area contributed by atoms with Gasteiger partial charge in [0.25, 0.3) is 0 Å². The number of likely N-dealkylation sites (tertiary alicyclic amines) is 1. The van der Waals surface area contributed by atoms with Gasteiger partial charge >= 0.3 is 11.3 Å². The van der Waals surface area contributed by atoms with Gasteiger partial charge in [0.05, 0.1) is 24.3 Å². The molecule has 2 aromatic rings. The molecule has 11 heteroatoms. The van der Waals surface area contributed by atoms with E-state index in [1.54, 1.807) is 13.0 Å². The van der Waals surface area contributed by atoms with E-state index in [4.69, 9.17) is 0 Å².